The molecule has 10 nitrogen and oxygen atoms in total. The maximum Gasteiger partial charge on any atom is 0.326 e. The Hall–Kier alpha value is -2.98. The number of unbranched alkanes of at least 4 members (excludes halogenated alkanes) is 1. The quantitative estimate of drug-likeness (QED) is 0.325. The largest absolute Gasteiger partial charge is 0.480 e. The molecular formula is C25H39N7O3. The van der Waals surface area contributed by atoms with E-state index in [1.54, 1.807) is 13.2 Å². The summed E-state index contributed by atoms with van der Waals surface area (Å²) in [4.78, 5) is 29.2. The van der Waals surface area contributed by atoms with Gasteiger partial charge in [0.05, 0.1) is 6.61 Å². The second-order valence-electron chi connectivity index (χ2n) is 9.11. The van der Waals surface area contributed by atoms with Crippen molar-refractivity contribution in [2.75, 3.05) is 69.5 Å². The molecule has 35 heavy (non-hydrogen) atoms. The summed E-state index contributed by atoms with van der Waals surface area (Å²) in [6, 6.07) is 5.36. The van der Waals surface area contributed by atoms with Crippen molar-refractivity contribution in [2.24, 2.45) is 0 Å². The van der Waals surface area contributed by atoms with Crippen molar-refractivity contribution in [1.29, 1.82) is 0 Å². The van der Waals surface area contributed by atoms with Crippen LogP contribution in [0.25, 0.3) is 0 Å². The van der Waals surface area contributed by atoms with E-state index in [1.165, 1.54) is 18.3 Å². The number of methoxy groups -OCH3 is 1. The number of hydrogen-bond acceptors (Lipinski definition) is 9. The van der Waals surface area contributed by atoms with Crippen molar-refractivity contribution in [3.8, 4) is 0 Å². The van der Waals surface area contributed by atoms with Crippen LogP contribution in [0.3, 0.4) is 0 Å². The van der Waals surface area contributed by atoms with Crippen LogP contribution < -0.4 is 15.5 Å². The van der Waals surface area contributed by atoms with Gasteiger partial charge in [-0.05, 0) is 56.7 Å². The van der Waals surface area contributed by atoms with E-state index in [2.05, 4.69) is 37.6 Å². The number of pyridine rings is 1. The molecule has 0 aromatic carbocycles. The van der Waals surface area contributed by atoms with Gasteiger partial charge in [0, 0.05) is 52.6 Å². The van der Waals surface area contributed by atoms with Gasteiger partial charge >= 0.3 is 5.97 Å². The predicted molar refractivity (Wildman–Crippen MR) is 138 cm³/mol. The lowest BCUT2D eigenvalue weighted by Gasteiger charge is -2.24. The van der Waals surface area contributed by atoms with Gasteiger partial charge in [-0.2, -0.15) is 0 Å². The summed E-state index contributed by atoms with van der Waals surface area (Å²) in [7, 11) is 5.45. The highest BCUT2D eigenvalue weighted by molar-refractivity contribution is 5.77. The van der Waals surface area contributed by atoms with Crippen LogP contribution in [0.15, 0.2) is 24.5 Å². The smallest absolute Gasteiger partial charge is 0.326 e. The number of ether oxygens (including phenoxy) is 1. The summed E-state index contributed by atoms with van der Waals surface area (Å²) >= 11 is 0. The topological polar surface area (TPSA) is 116 Å². The number of rotatable bonds is 15. The summed E-state index contributed by atoms with van der Waals surface area (Å²) < 4.78 is 5.27. The third-order valence-corrected chi connectivity index (χ3v) is 6.19. The first kappa shape index (κ1) is 26.6. The molecule has 2 aromatic heterocycles. The zero-order chi connectivity index (χ0) is 25.0. The summed E-state index contributed by atoms with van der Waals surface area (Å²) in [5.74, 6) is 1.38. The minimum Gasteiger partial charge on any atom is -0.480 e. The fourth-order valence-corrected chi connectivity index (χ4v) is 4.12. The molecule has 2 aromatic rings. The molecule has 1 aliphatic heterocycles. The Morgan fingerprint density at radius 2 is 2.09 bits per heavy atom. The Balaban J connectivity index is 1.48. The average Bonchev–Trinajstić information content (AvgIpc) is 2.86. The summed E-state index contributed by atoms with van der Waals surface area (Å²) in [5.41, 5.74) is 2.44. The van der Waals surface area contributed by atoms with Gasteiger partial charge in [-0.25, -0.2) is 19.7 Å². The number of aliphatic carboxylic acids is 1. The Morgan fingerprint density at radius 3 is 2.86 bits per heavy atom. The molecule has 10 heteroatoms. The first-order chi connectivity index (χ1) is 17.0. The molecule has 1 unspecified atom stereocenters. The first-order valence-electron chi connectivity index (χ1n) is 12.4. The third-order valence-electron chi connectivity index (χ3n) is 6.19. The number of aromatic nitrogens is 3. The molecule has 0 saturated heterocycles. The molecule has 3 rings (SSSR count). The molecule has 3 N–H and O–H groups in total. The van der Waals surface area contributed by atoms with Crippen LogP contribution in [0, 0.1) is 0 Å². The fourth-order valence-electron chi connectivity index (χ4n) is 4.12. The van der Waals surface area contributed by atoms with Gasteiger partial charge in [-0.1, -0.05) is 6.07 Å². The highest BCUT2D eigenvalue weighted by Crippen LogP contribution is 2.20. The van der Waals surface area contributed by atoms with Gasteiger partial charge in [0.1, 0.15) is 29.8 Å². The van der Waals surface area contributed by atoms with E-state index in [0.717, 1.165) is 62.6 Å². The lowest BCUT2D eigenvalue weighted by Crippen LogP contribution is -2.37. The number of anilines is 3. The number of carbonyl (C=O) groups is 1. The number of nitrogens with one attached hydrogen (secondary N) is 2. The number of nitrogens with zero attached hydrogens (tertiary/aromatic N) is 5. The van der Waals surface area contributed by atoms with E-state index in [-0.39, 0.29) is 0 Å². The van der Waals surface area contributed by atoms with Gasteiger partial charge in [-0.3, -0.25) is 0 Å². The van der Waals surface area contributed by atoms with E-state index in [1.807, 2.05) is 19.0 Å². The van der Waals surface area contributed by atoms with E-state index in [9.17, 15) is 9.90 Å². The van der Waals surface area contributed by atoms with Gasteiger partial charge in [0.25, 0.3) is 0 Å². The van der Waals surface area contributed by atoms with Gasteiger partial charge in [-0.15, -0.1) is 0 Å². The van der Waals surface area contributed by atoms with Crippen LogP contribution in [0.2, 0.25) is 0 Å². The van der Waals surface area contributed by atoms with Crippen LogP contribution >= 0.6 is 0 Å². The molecule has 0 amide bonds. The monoisotopic (exact) mass is 485 g/mol. The third kappa shape index (κ3) is 8.63. The molecule has 0 saturated carbocycles. The molecule has 0 fully saturated rings. The molecule has 192 valence electrons. The highest BCUT2D eigenvalue weighted by Gasteiger charge is 2.20. The fraction of sp³-hybridized carbons (Fsp3) is 0.600. The van der Waals surface area contributed by atoms with Crippen molar-refractivity contribution >= 4 is 23.4 Å². The summed E-state index contributed by atoms with van der Waals surface area (Å²) in [5, 5.41) is 16.2. The Kier molecular flexibility index (Phi) is 10.5. The molecule has 0 radical (unpaired) electrons. The standard InChI is InChI=1S/C25H39N7O3/c1-31(2)23-17-22(27-18-28-23)30-21(25(33)34)11-14-32(15-16-35-3)13-5-4-8-20-10-9-19-7-6-12-26-24(19)29-20/h9-10,17-18,21H,4-8,11-16H2,1-3H3,(H,26,29)(H,33,34)(H,27,28,30). The number of carboxylic acids is 1. The lowest BCUT2D eigenvalue weighted by atomic mass is 10.1. The average molecular weight is 486 g/mol. The summed E-state index contributed by atoms with van der Waals surface area (Å²) in [6.07, 6.45) is 7.15. The number of fused-ring (bicyclic) bond motifs is 1. The molecule has 0 spiro atoms. The zero-order valence-electron chi connectivity index (χ0n) is 21.2. The highest BCUT2D eigenvalue weighted by atomic mass is 16.5. The first-order valence-corrected chi connectivity index (χ1v) is 12.4. The second kappa shape index (κ2) is 13.8. The predicted octanol–water partition coefficient (Wildman–Crippen LogP) is 2.52. The Bertz CT molecular complexity index is 941. The van der Waals surface area contributed by atoms with Gasteiger partial charge in [0.2, 0.25) is 0 Å². The van der Waals surface area contributed by atoms with Crippen molar-refractivity contribution in [3.05, 3.63) is 35.8 Å². The molecular weight excluding hydrogens is 446 g/mol. The molecule has 0 aliphatic carbocycles. The normalized spacial score (nSPS) is 13.7. The Morgan fingerprint density at radius 1 is 1.23 bits per heavy atom. The van der Waals surface area contributed by atoms with E-state index in [4.69, 9.17) is 9.72 Å². The van der Waals surface area contributed by atoms with Crippen LogP contribution in [-0.4, -0.2) is 91.0 Å². The van der Waals surface area contributed by atoms with E-state index < -0.39 is 12.0 Å². The van der Waals surface area contributed by atoms with Crippen LogP contribution in [0.1, 0.15) is 36.9 Å². The zero-order valence-corrected chi connectivity index (χ0v) is 21.2. The number of hydrogen-bond donors (Lipinski definition) is 3. The molecule has 1 atom stereocenters. The summed E-state index contributed by atoms with van der Waals surface area (Å²) in [6.45, 7) is 3.92. The van der Waals surface area contributed by atoms with Gasteiger partial charge in [0.15, 0.2) is 0 Å². The minimum absolute atomic E-state index is 0.457. The van der Waals surface area contributed by atoms with Crippen molar-refractivity contribution in [2.45, 2.75) is 44.6 Å². The van der Waals surface area contributed by atoms with Crippen molar-refractivity contribution < 1.29 is 14.6 Å². The molecule has 1 aliphatic rings. The van der Waals surface area contributed by atoms with E-state index in [0.29, 0.717) is 25.4 Å². The Labute approximate surface area is 208 Å². The minimum atomic E-state index is -0.895. The molecule has 3 heterocycles. The lowest BCUT2D eigenvalue weighted by molar-refractivity contribution is -0.138. The van der Waals surface area contributed by atoms with Crippen LogP contribution in [0.4, 0.5) is 17.5 Å². The molecule has 0 bridgehead atoms. The van der Waals surface area contributed by atoms with Crippen LogP contribution in [-0.2, 0) is 22.4 Å². The second-order valence-corrected chi connectivity index (χ2v) is 9.11. The van der Waals surface area contributed by atoms with Crippen molar-refractivity contribution in [1.82, 2.24) is 19.9 Å². The maximum atomic E-state index is 11.9. The van der Waals surface area contributed by atoms with Gasteiger partial charge < -0.3 is 30.3 Å². The van der Waals surface area contributed by atoms with E-state index >= 15 is 0 Å². The maximum absolute atomic E-state index is 11.9. The number of aryl methyl sites for hydroxylation is 2. The SMILES string of the molecule is COCCN(CCCCc1ccc2c(n1)NCCC2)CCC(Nc1cc(N(C)C)ncn1)C(=O)O. The van der Waals surface area contributed by atoms with Crippen molar-refractivity contribution in [3.63, 3.8) is 0 Å². The van der Waals surface area contributed by atoms with Crippen LogP contribution in [0.5, 0.6) is 0 Å². The number of carboxylic acid groups (broad SMARTS) is 1.